The fraction of sp³-hybridized carbons (Fsp3) is 0.471. The fourth-order valence-corrected chi connectivity index (χ4v) is 4.38. The molecule has 2 aromatic heterocycles. The molecular weight excluding hydrogens is 399 g/mol. The lowest BCUT2D eigenvalue weighted by molar-refractivity contribution is -0.192. The number of fused-ring (bicyclic) bond motifs is 2. The van der Waals surface area contributed by atoms with Crippen LogP contribution in [0.1, 0.15) is 38.1 Å². The highest BCUT2D eigenvalue weighted by Gasteiger charge is 2.38. The van der Waals surface area contributed by atoms with E-state index in [-0.39, 0.29) is 0 Å². The maximum absolute atomic E-state index is 11.1. The van der Waals surface area contributed by atoms with Gasteiger partial charge >= 0.3 is 18.1 Å². The Morgan fingerprint density at radius 3 is 2.57 bits per heavy atom. The molecule has 2 aromatic rings. The van der Waals surface area contributed by atoms with Crippen molar-refractivity contribution in [3.8, 4) is 0 Å². The number of aromatic nitrogens is 2. The molecule has 2 aliphatic rings. The van der Waals surface area contributed by atoms with Crippen molar-refractivity contribution in [3.05, 3.63) is 39.1 Å². The number of aryl methyl sites for hydroxylation is 1. The van der Waals surface area contributed by atoms with Gasteiger partial charge < -0.3 is 14.8 Å². The molecule has 4 heterocycles. The highest BCUT2D eigenvalue weighted by molar-refractivity contribution is 7.14. The summed E-state index contributed by atoms with van der Waals surface area (Å²) in [6.07, 6.45) is 0.158. The summed E-state index contributed by atoms with van der Waals surface area (Å²) >= 11 is 1.42. The van der Waals surface area contributed by atoms with Crippen LogP contribution in [0.5, 0.6) is 0 Å². The summed E-state index contributed by atoms with van der Waals surface area (Å²) in [5, 5.41) is 16.2. The van der Waals surface area contributed by atoms with Gasteiger partial charge in [-0.2, -0.15) is 13.2 Å². The average Bonchev–Trinajstić information content (AvgIpc) is 3.30. The van der Waals surface area contributed by atoms with E-state index in [1.807, 2.05) is 12.3 Å². The van der Waals surface area contributed by atoms with Crippen LogP contribution in [0, 0.1) is 0 Å². The Balaban J connectivity index is 0.000000279. The van der Waals surface area contributed by atoms with Gasteiger partial charge in [-0.1, -0.05) is 0 Å². The number of nitrogens with zero attached hydrogens (tertiary/aromatic N) is 3. The number of carboxylic acids is 2. The Kier molecular flexibility index (Phi) is 5.75. The molecule has 0 spiro atoms. The molecule has 0 amide bonds. The van der Waals surface area contributed by atoms with Crippen LogP contribution in [0.3, 0.4) is 0 Å². The zero-order valence-corrected chi connectivity index (χ0v) is 15.5. The molecule has 28 heavy (non-hydrogen) atoms. The molecule has 0 fully saturated rings. The van der Waals surface area contributed by atoms with E-state index in [4.69, 9.17) is 15.0 Å². The van der Waals surface area contributed by atoms with E-state index in [9.17, 15) is 18.0 Å². The normalized spacial score (nSPS) is 16.1. The lowest BCUT2D eigenvalue weighted by Crippen LogP contribution is -2.29. The number of aliphatic carboxylic acids is 1. The number of alkyl halides is 3. The van der Waals surface area contributed by atoms with E-state index in [2.05, 4.69) is 14.5 Å². The smallest absolute Gasteiger partial charge is 0.477 e. The first kappa shape index (κ1) is 20.3. The number of rotatable bonds is 3. The van der Waals surface area contributed by atoms with E-state index >= 15 is 0 Å². The first-order valence-electron chi connectivity index (χ1n) is 8.55. The summed E-state index contributed by atoms with van der Waals surface area (Å²) < 4.78 is 34.1. The second-order valence-corrected chi connectivity index (χ2v) is 7.69. The number of hydrogen-bond donors (Lipinski definition) is 2. The van der Waals surface area contributed by atoms with Crippen LogP contribution in [-0.4, -0.2) is 49.3 Å². The molecule has 0 atom stereocenters. The Labute approximate surface area is 162 Å². The number of halogens is 3. The van der Waals surface area contributed by atoms with Crippen molar-refractivity contribution in [3.63, 3.8) is 0 Å². The lowest BCUT2D eigenvalue weighted by Gasteiger charge is -2.26. The van der Waals surface area contributed by atoms with Crippen molar-refractivity contribution in [1.29, 1.82) is 0 Å². The van der Waals surface area contributed by atoms with Crippen molar-refractivity contribution in [2.24, 2.45) is 0 Å². The highest BCUT2D eigenvalue weighted by Crippen LogP contribution is 2.29. The van der Waals surface area contributed by atoms with Gasteiger partial charge in [0, 0.05) is 43.7 Å². The summed E-state index contributed by atoms with van der Waals surface area (Å²) in [7, 11) is 0. The Morgan fingerprint density at radius 2 is 1.93 bits per heavy atom. The topological polar surface area (TPSA) is 95.7 Å². The molecular formula is C17H18F3N3O4S. The largest absolute Gasteiger partial charge is 0.490 e. The highest BCUT2D eigenvalue weighted by atomic mass is 32.1. The minimum Gasteiger partial charge on any atom is -0.477 e. The Hall–Kier alpha value is -2.40. The van der Waals surface area contributed by atoms with Gasteiger partial charge in [-0.15, -0.1) is 11.3 Å². The summed E-state index contributed by atoms with van der Waals surface area (Å²) in [5.74, 6) is -2.35. The molecule has 0 unspecified atom stereocenters. The lowest BCUT2D eigenvalue weighted by atomic mass is 10.1. The second-order valence-electron chi connectivity index (χ2n) is 6.55. The van der Waals surface area contributed by atoms with Crippen molar-refractivity contribution >= 4 is 23.3 Å². The van der Waals surface area contributed by atoms with Crippen LogP contribution >= 0.6 is 11.3 Å². The van der Waals surface area contributed by atoms with Crippen LogP contribution in [0.15, 0.2) is 12.3 Å². The van der Waals surface area contributed by atoms with Crippen LogP contribution in [0.25, 0.3) is 0 Å². The number of imidazole rings is 1. The van der Waals surface area contributed by atoms with Gasteiger partial charge in [0.2, 0.25) is 0 Å². The van der Waals surface area contributed by atoms with E-state index in [0.717, 1.165) is 39.0 Å². The molecule has 152 valence electrons. The monoisotopic (exact) mass is 417 g/mol. The molecule has 2 aliphatic heterocycles. The van der Waals surface area contributed by atoms with Gasteiger partial charge in [-0.25, -0.2) is 14.6 Å². The Morgan fingerprint density at radius 1 is 1.21 bits per heavy atom. The van der Waals surface area contributed by atoms with Crippen LogP contribution in [0.4, 0.5) is 13.2 Å². The van der Waals surface area contributed by atoms with Gasteiger partial charge in [0.25, 0.3) is 0 Å². The number of thiophene rings is 1. The maximum atomic E-state index is 11.1. The standard InChI is InChI=1S/C15H17N3O2S.C2HF3O2/c19-15(20)12-6-10-3-5-17(9-13(10)21-12)8-11-7-16-14-2-1-4-18(11)14;3-2(4,5)1(6)7/h6-7H,1-5,8-9H2,(H,19,20);(H,6,7). The SMILES string of the molecule is O=C(O)C(F)(F)F.O=C(O)c1cc2c(s1)CN(Cc1cnc3n1CCC3)CC2. The van der Waals surface area contributed by atoms with Gasteiger partial charge in [-0.3, -0.25) is 4.90 Å². The number of carboxylic acid groups (broad SMARTS) is 2. The van der Waals surface area contributed by atoms with Gasteiger partial charge in [-0.05, 0) is 24.5 Å². The number of hydrogen-bond acceptors (Lipinski definition) is 5. The minimum atomic E-state index is -5.08. The predicted molar refractivity (Wildman–Crippen MR) is 93.3 cm³/mol. The number of aromatic carboxylic acids is 1. The Bertz CT molecular complexity index is 891. The van der Waals surface area contributed by atoms with Gasteiger partial charge in [0.05, 0.1) is 5.69 Å². The minimum absolute atomic E-state index is 0.465. The number of carbonyl (C=O) groups is 2. The first-order chi connectivity index (χ1) is 13.1. The summed E-state index contributed by atoms with van der Waals surface area (Å²) in [4.78, 5) is 28.5. The van der Waals surface area contributed by atoms with Crippen molar-refractivity contribution in [1.82, 2.24) is 14.5 Å². The summed E-state index contributed by atoms with van der Waals surface area (Å²) in [6, 6.07) is 1.84. The summed E-state index contributed by atoms with van der Waals surface area (Å²) in [6.45, 7) is 3.84. The molecule has 0 aliphatic carbocycles. The molecule has 0 radical (unpaired) electrons. The maximum Gasteiger partial charge on any atom is 0.490 e. The van der Waals surface area contributed by atoms with Crippen LogP contribution in [0.2, 0.25) is 0 Å². The van der Waals surface area contributed by atoms with E-state index in [0.29, 0.717) is 4.88 Å². The van der Waals surface area contributed by atoms with Gasteiger partial charge in [0.1, 0.15) is 10.7 Å². The summed E-state index contributed by atoms with van der Waals surface area (Å²) in [5.41, 5.74) is 2.51. The first-order valence-corrected chi connectivity index (χ1v) is 9.37. The molecule has 0 saturated carbocycles. The second kappa shape index (κ2) is 7.92. The average molecular weight is 417 g/mol. The molecule has 7 nitrogen and oxygen atoms in total. The zero-order chi connectivity index (χ0) is 20.5. The predicted octanol–water partition coefficient (Wildman–Crippen LogP) is 2.78. The third-order valence-corrected chi connectivity index (χ3v) is 5.75. The molecule has 4 rings (SSSR count). The molecule has 0 saturated heterocycles. The molecule has 2 N–H and O–H groups in total. The van der Waals surface area contributed by atoms with Crippen LogP contribution < -0.4 is 0 Å². The molecule has 0 aromatic carbocycles. The molecule has 0 bridgehead atoms. The van der Waals surface area contributed by atoms with E-state index in [1.165, 1.54) is 39.7 Å². The van der Waals surface area contributed by atoms with E-state index in [1.54, 1.807) is 0 Å². The molecule has 11 heteroatoms. The third kappa shape index (κ3) is 4.53. The van der Waals surface area contributed by atoms with Crippen molar-refractivity contribution in [2.75, 3.05) is 6.54 Å². The zero-order valence-electron chi connectivity index (χ0n) is 14.7. The quantitative estimate of drug-likeness (QED) is 0.798. The van der Waals surface area contributed by atoms with Gasteiger partial charge in [0.15, 0.2) is 0 Å². The third-order valence-electron chi connectivity index (χ3n) is 4.60. The fourth-order valence-electron chi connectivity index (χ4n) is 3.29. The van der Waals surface area contributed by atoms with Crippen molar-refractivity contribution in [2.45, 2.75) is 45.1 Å². The van der Waals surface area contributed by atoms with E-state index < -0.39 is 18.1 Å². The van der Waals surface area contributed by atoms with Crippen molar-refractivity contribution < 1.29 is 33.0 Å². The van der Waals surface area contributed by atoms with Crippen LogP contribution in [-0.2, 0) is 37.3 Å².